The molecule has 0 heteroatoms. The summed E-state index contributed by atoms with van der Waals surface area (Å²) in [6, 6.07) is 11.1. The monoisotopic (exact) mass is 298 g/mol. The Morgan fingerprint density at radius 2 is 1.27 bits per heavy atom. The number of aryl methyl sites for hydroxylation is 1. The first-order valence-corrected chi connectivity index (χ1v) is 9.89. The minimum absolute atomic E-state index is 1.00. The second kappa shape index (κ2) is 8.18. The standard InChI is InChI=1S/C22H34/c1-2-18-10-14-21(15-11-18)22-16-12-20(13-17-22)9-8-19-6-4-3-5-7-19/h3-7,18,20-22H,2,8-17H2,1H3/t18-,20-,21-,22-. The van der Waals surface area contributed by atoms with Gasteiger partial charge < -0.3 is 0 Å². The van der Waals surface area contributed by atoms with Crippen LogP contribution in [0.5, 0.6) is 0 Å². The highest BCUT2D eigenvalue weighted by atomic mass is 14.4. The molecule has 0 spiro atoms. The zero-order chi connectivity index (χ0) is 15.2. The molecule has 2 saturated carbocycles. The van der Waals surface area contributed by atoms with Gasteiger partial charge in [-0.3, -0.25) is 0 Å². The molecule has 0 N–H and O–H groups in total. The lowest BCUT2D eigenvalue weighted by Gasteiger charge is -2.37. The van der Waals surface area contributed by atoms with Gasteiger partial charge in [0.2, 0.25) is 0 Å². The average Bonchev–Trinajstić information content (AvgIpc) is 2.61. The first kappa shape index (κ1) is 16.1. The Labute approximate surface area is 137 Å². The van der Waals surface area contributed by atoms with Crippen LogP contribution in [0.15, 0.2) is 30.3 Å². The largest absolute Gasteiger partial charge is 0.0651 e. The van der Waals surface area contributed by atoms with Gasteiger partial charge in [-0.05, 0) is 67.8 Å². The summed E-state index contributed by atoms with van der Waals surface area (Å²) in [6.45, 7) is 2.38. The summed E-state index contributed by atoms with van der Waals surface area (Å²) >= 11 is 0. The number of rotatable bonds is 5. The molecule has 0 nitrogen and oxygen atoms in total. The SMILES string of the molecule is CC[C@H]1CC[C@H]([C@H]2CC[C@H](CCc3ccccc3)CC2)CC1. The molecule has 22 heavy (non-hydrogen) atoms. The van der Waals surface area contributed by atoms with Crippen LogP contribution in [0, 0.1) is 23.7 Å². The van der Waals surface area contributed by atoms with E-state index >= 15 is 0 Å². The molecule has 1 aromatic carbocycles. The molecule has 0 atom stereocenters. The fourth-order valence-corrected chi connectivity index (χ4v) is 5.03. The molecule has 2 aliphatic rings. The first-order chi connectivity index (χ1) is 10.8. The third-order valence-corrected chi connectivity index (χ3v) is 6.71. The van der Waals surface area contributed by atoms with Gasteiger partial charge in [0.15, 0.2) is 0 Å². The predicted molar refractivity (Wildman–Crippen MR) is 96.0 cm³/mol. The van der Waals surface area contributed by atoms with Gasteiger partial charge in [0.05, 0.1) is 0 Å². The lowest BCUT2D eigenvalue weighted by Crippen LogP contribution is -2.25. The van der Waals surface area contributed by atoms with E-state index in [2.05, 4.69) is 37.3 Å². The molecule has 0 saturated heterocycles. The highest BCUT2D eigenvalue weighted by molar-refractivity contribution is 5.14. The van der Waals surface area contributed by atoms with Crippen molar-refractivity contribution in [3.05, 3.63) is 35.9 Å². The van der Waals surface area contributed by atoms with Gasteiger partial charge in [0.25, 0.3) is 0 Å². The van der Waals surface area contributed by atoms with Crippen molar-refractivity contribution in [3.63, 3.8) is 0 Å². The zero-order valence-electron chi connectivity index (χ0n) is 14.5. The van der Waals surface area contributed by atoms with Crippen LogP contribution < -0.4 is 0 Å². The van der Waals surface area contributed by atoms with Crippen LogP contribution in [0.25, 0.3) is 0 Å². The molecular formula is C22H34. The molecule has 0 heterocycles. The molecule has 0 radical (unpaired) electrons. The van der Waals surface area contributed by atoms with Gasteiger partial charge in [0.1, 0.15) is 0 Å². The Morgan fingerprint density at radius 3 is 1.82 bits per heavy atom. The van der Waals surface area contributed by atoms with Gasteiger partial charge in [-0.2, -0.15) is 0 Å². The van der Waals surface area contributed by atoms with Crippen molar-refractivity contribution in [2.24, 2.45) is 23.7 Å². The van der Waals surface area contributed by atoms with E-state index in [0.717, 1.165) is 23.7 Å². The Balaban J connectivity index is 1.37. The van der Waals surface area contributed by atoms with E-state index in [9.17, 15) is 0 Å². The van der Waals surface area contributed by atoms with E-state index in [0.29, 0.717) is 0 Å². The van der Waals surface area contributed by atoms with Crippen LogP contribution in [0.4, 0.5) is 0 Å². The summed E-state index contributed by atoms with van der Waals surface area (Å²) in [6.07, 6.45) is 16.3. The van der Waals surface area contributed by atoms with Crippen molar-refractivity contribution in [1.82, 2.24) is 0 Å². The smallest absolute Gasteiger partial charge is 0.0276 e. The molecule has 1 aromatic rings. The minimum Gasteiger partial charge on any atom is -0.0651 e. The molecule has 122 valence electrons. The van der Waals surface area contributed by atoms with Gasteiger partial charge in [0, 0.05) is 0 Å². The maximum absolute atomic E-state index is 2.38. The molecule has 3 rings (SSSR count). The zero-order valence-corrected chi connectivity index (χ0v) is 14.5. The molecule has 2 aliphatic carbocycles. The van der Waals surface area contributed by atoms with E-state index in [4.69, 9.17) is 0 Å². The normalized spacial score (nSPS) is 32.8. The molecular weight excluding hydrogens is 264 g/mol. The lowest BCUT2D eigenvalue weighted by molar-refractivity contribution is 0.142. The highest BCUT2D eigenvalue weighted by Crippen LogP contribution is 2.42. The van der Waals surface area contributed by atoms with E-state index in [1.54, 1.807) is 0 Å². The van der Waals surface area contributed by atoms with Crippen molar-refractivity contribution in [1.29, 1.82) is 0 Å². The Hall–Kier alpha value is -0.780. The summed E-state index contributed by atoms with van der Waals surface area (Å²) in [5.41, 5.74) is 1.53. The third-order valence-electron chi connectivity index (χ3n) is 6.71. The van der Waals surface area contributed by atoms with Crippen LogP contribution in [0.3, 0.4) is 0 Å². The summed E-state index contributed by atoms with van der Waals surface area (Å²) in [5.74, 6) is 4.21. The van der Waals surface area contributed by atoms with Gasteiger partial charge in [-0.25, -0.2) is 0 Å². The lowest BCUT2D eigenvalue weighted by atomic mass is 9.68. The third kappa shape index (κ3) is 4.37. The van der Waals surface area contributed by atoms with E-state index in [1.165, 1.54) is 76.2 Å². The van der Waals surface area contributed by atoms with E-state index in [-0.39, 0.29) is 0 Å². The predicted octanol–water partition coefficient (Wildman–Crippen LogP) is 6.64. The maximum atomic E-state index is 2.38. The summed E-state index contributed by atoms with van der Waals surface area (Å²) in [4.78, 5) is 0. The van der Waals surface area contributed by atoms with E-state index < -0.39 is 0 Å². The van der Waals surface area contributed by atoms with Crippen molar-refractivity contribution in [2.75, 3.05) is 0 Å². The van der Waals surface area contributed by atoms with Crippen LogP contribution in [-0.2, 0) is 6.42 Å². The van der Waals surface area contributed by atoms with Crippen molar-refractivity contribution >= 4 is 0 Å². The number of hydrogen-bond donors (Lipinski definition) is 0. The second-order valence-corrected chi connectivity index (χ2v) is 7.99. The molecule has 0 unspecified atom stereocenters. The summed E-state index contributed by atoms with van der Waals surface area (Å²) in [7, 11) is 0. The fourth-order valence-electron chi connectivity index (χ4n) is 5.03. The first-order valence-electron chi connectivity index (χ1n) is 9.89. The van der Waals surface area contributed by atoms with Crippen molar-refractivity contribution in [2.45, 2.75) is 77.6 Å². The minimum atomic E-state index is 1.00. The van der Waals surface area contributed by atoms with E-state index in [1.807, 2.05) is 0 Å². The fraction of sp³-hybridized carbons (Fsp3) is 0.727. The molecule has 0 aliphatic heterocycles. The van der Waals surface area contributed by atoms with Crippen molar-refractivity contribution in [3.8, 4) is 0 Å². The van der Waals surface area contributed by atoms with Crippen LogP contribution in [-0.4, -0.2) is 0 Å². The van der Waals surface area contributed by atoms with Crippen LogP contribution in [0.1, 0.15) is 76.7 Å². The summed E-state index contributed by atoms with van der Waals surface area (Å²) < 4.78 is 0. The van der Waals surface area contributed by atoms with Crippen LogP contribution in [0.2, 0.25) is 0 Å². The van der Waals surface area contributed by atoms with Crippen molar-refractivity contribution < 1.29 is 0 Å². The van der Waals surface area contributed by atoms with Gasteiger partial charge in [-0.1, -0.05) is 69.4 Å². The number of hydrogen-bond acceptors (Lipinski definition) is 0. The Kier molecular flexibility index (Phi) is 5.98. The molecule has 0 bridgehead atoms. The maximum Gasteiger partial charge on any atom is -0.0276 e. The molecule has 0 aromatic heterocycles. The topological polar surface area (TPSA) is 0 Å². The van der Waals surface area contributed by atoms with Gasteiger partial charge in [-0.15, -0.1) is 0 Å². The molecule has 0 amide bonds. The number of benzene rings is 1. The quantitative estimate of drug-likeness (QED) is 0.571. The average molecular weight is 299 g/mol. The summed E-state index contributed by atoms with van der Waals surface area (Å²) in [5, 5.41) is 0. The van der Waals surface area contributed by atoms with Crippen LogP contribution >= 0.6 is 0 Å². The highest BCUT2D eigenvalue weighted by Gasteiger charge is 2.30. The second-order valence-electron chi connectivity index (χ2n) is 7.99. The molecule has 2 fully saturated rings. The Bertz CT molecular complexity index is 405. The van der Waals surface area contributed by atoms with Gasteiger partial charge >= 0.3 is 0 Å². The Morgan fingerprint density at radius 1 is 0.727 bits per heavy atom.